The summed E-state index contributed by atoms with van der Waals surface area (Å²) in [6.45, 7) is 14.3. The average molecular weight is 526 g/mol. The molecule has 2 heterocycles. The van der Waals surface area contributed by atoms with Gasteiger partial charge in [-0.15, -0.1) is 23.2 Å². The Bertz CT molecular complexity index is 786. The summed E-state index contributed by atoms with van der Waals surface area (Å²) >= 11 is 13.1. The molecule has 0 saturated carbocycles. The molecule has 0 spiro atoms. The third-order valence-corrected chi connectivity index (χ3v) is 7.92. The van der Waals surface area contributed by atoms with E-state index in [2.05, 4.69) is 61.8 Å². The smallest absolute Gasteiger partial charge is 0.323 e. The zero-order valence-electron chi connectivity index (χ0n) is 22.3. The van der Waals surface area contributed by atoms with E-state index in [0.717, 1.165) is 77.7 Å². The molecule has 4 nitrogen and oxygen atoms in total. The number of likely N-dealkylation sites (tertiary alicyclic amines) is 2. The molecular weight excluding hydrogens is 479 g/mol. The van der Waals surface area contributed by atoms with E-state index in [1.54, 1.807) is 0 Å². The van der Waals surface area contributed by atoms with Crippen LogP contribution in [-0.4, -0.2) is 71.9 Å². The molecule has 2 aliphatic rings. The van der Waals surface area contributed by atoms with Crippen molar-refractivity contribution in [2.45, 2.75) is 89.4 Å². The molecule has 6 heteroatoms. The predicted molar refractivity (Wildman–Crippen MR) is 147 cm³/mol. The minimum Gasteiger partial charge on any atom is -0.465 e. The van der Waals surface area contributed by atoms with E-state index in [1.807, 2.05) is 6.07 Å². The number of rotatable bonds is 11. The summed E-state index contributed by atoms with van der Waals surface area (Å²) in [4.78, 5) is 18.0. The molecule has 35 heavy (non-hydrogen) atoms. The molecule has 3 rings (SSSR count). The molecule has 0 N–H and O–H groups in total. The SMILES string of the molecule is CC1(C)CC(Cl)CN(CCCC[C@@H](C(=O)OCCCc2ccccc2)N2CC(Cl)CC(C)(C)C2)C1. The van der Waals surface area contributed by atoms with Crippen molar-refractivity contribution < 1.29 is 9.53 Å². The molecule has 2 fully saturated rings. The number of hydrogen-bond donors (Lipinski definition) is 0. The first-order valence-corrected chi connectivity index (χ1v) is 14.4. The van der Waals surface area contributed by atoms with Crippen LogP contribution in [0.3, 0.4) is 0 Å². The number of piperidine rings is 2. The van der Waals surface area contributed by atoms with Crippen molar-refractivity contribution in [2.75, 3.05) is 39.3 Å². The molecule has 3 atom stereocenters. The molecule has 0 aromatic heterocycles. The molecule has 198 valence electrons. The second-order valence-electron chi connectivity index (χ2n) is 12.4. The van der Waals surface area contributed by atoms with E-state index < -0.39 is 0 Å². The Morgan fingerprint density at radius 1 is 0.971 bits per heavy atom. The number of benzene rings is 1. The van der Waals surface area contributed by atoms with Gasteiger partial charge < -0.3 is 9.64 Å². The lowest BCUT2D eigenvalue weighted by molar-refractivity contribution is -0.151. The van der Waals surface area contributed by atoms with Crippen LogP contribution >= 0.6 is 23.2 Å². The molecule has 2 aliphatic heterocycles. The first-order chi connectivity index (χ1) is 16.5. The van der Waals surface area contributed by atoms with E-state index in [9.17, 15) is 4.79 Å². The minimum absolute atomic E-state index is 0.0726. The predicted octanol–water partition coefficient (Wildman–Crippen LogP) is 6.38. The van der Waals surface area contributed by atoms with Crippen LogP contribution < -0.4 is 0 Å². The zero-order chi connectivity index (χ0) is 25.5. The van der Waals surface area contributed by atoms with Crippen LogP contribution in [0.5, 0.6) is 0 Å². The summed E-state index contributed by atoms with van der Waals surface area (Å²) in [5, 5.41) is 0.303. The Balaban J connectivity index is 1.51. The number of nitrogens with zero attached hydrogens (tertiary/aromatic N) is 2. The average Bonchev–Trinajstić information content (AvgIpc) is 2.74. The van der Waals surface area contributed by atoms with E-state index in [0.29, 0.717) is 6.61 Å². The van der Waals surface area contributed by atoms with E-state index in [-0.39, 0.29) is 33.6 Å². The molecule has 2 unspecified atom stereocenters. The summed E-state index contributed by atoms with van der Waals surface area (Å²) in [6, 6.07) is 10.2. The Hall–Kier alpha value is -0.810. The molecular formula is C29H46Cl2N2O2. The maximum atomic E-state index is 13.3. The summed E-state index contributed by atoms with van der Waals surface area (Å²) < 4.78 is 5.82. The Kier molecular flexibility index (Phi) is 10.8. The zero-order valence-corrected chi connectivity index (χ0v) is 23.8. The second-order valence-corrected chi connectivity index (χ2v) is 13.6. The number of ether oxygens (including phenoxy) is 1. The minimum atomic E-state index is -0.217. The topological polar surface area (TPSA) is 32.8 Å². The fourth-order valence-corrected chi connectivity index (χ4v) is 7.20. The van der Waals surface area contributed by atoms with Crippen LogP contribution in [0.25, 0.3) is 0 Å². The highest BCUT2D eigenvalue weighted by molar-refractivity contribution is 6.21. The van der Waals surface area contributed by atoms with Gasteiger partial charge in [0.2, 0.25) is 0 Å². The molecule has 0 bridgehead atoms. The van der Waals surface area contributed by atoms with Gasteiger partial charge in [-0.3, -0.25) is 9.69 Å². The molecule has 1 aromatic rings. The summed E-state index contributed by atoms with van der Waals surface area (Å²) in [5.41, 5.74) is 1.65. The van der Waals surface area contributed by atoms with Crippen molar-refractivity contribution in [3.05, 3.63) is 35.9 Å². The Morgan fingerprint density at radius 3 is 2.29 bits per heavy atom. The fraction of sp³-hybridized carbons (Fsp3) is 0.759. The largest absolute Gasteiger partial charge is 0.465 e. The second kappa shape index (κ2) is 13.1. The van der Waals surface area contributed by atoms with Gasteiger partial charge in [-0.2, -0.15) is 0 Å². The maximum Gasteiger partial charge on any atom is 0.323 e. The Labute approximate surface area is 223 Å². The molecule has 2 saturated heterocycles. The van der Waals surface area contributed by atoms with Gasteiger partial charge >= 0.3 is 5.97 Å². The van der Waals surface area contributed by atoms with Crippen molar-refractivity contribution in [3.8, 4) is 0 Å². The maximum absolute atomic E-state index is 13.3. The van der Waals surface area contributed by atoms with Gasteiger partial charge in [-0.25, -0.2) is 0 Å². The van der Waals surface area contributed by atoms with Crippen LogP contribution in [0.2, 0.25) is 0 Å². The molecule has 1 aromatic carbocycles. The summed E-state index contributed by atoms with van der Waals surface area (Å²) in [5.74, 6) is -0.0837. The third-order valence-electron chi connectivity index (χ3n) is 7.33. The number of carbonyl (C=O) groups is 1. The highest BCUT2D eigenvalue weighted by Crippen LogP contribution is 2.34. The molecule has 0 aliphatic carbocycles. The van der Waals surface area contributed by atoms with Gasteiger partial charge in [-0.05, 0) is 61.5 Å². The normalized spacial score (nSPS) is 25.8. The van der Waals surface area contributed by atoms with Gasteiger partial charge in [0, 0.05) is 36.9 Å². The van der Waals surface area contributed by atoms with Crippen LogP contribution in [0, 0.1) is 10.8 Å². The van der Waals surface area contributed by atoms with Gasteiger partial charge in [-0.1, -0.05) is 64.4 Å². The number of halogens is 2. The summed E-state index contributed by atoms with van der Waals surface area (Å²) in [6.07, 6.45) is 6.71. The molecule has 0 radical (unpaired) electrons. The van der Waals surface area contributed by atoms with Gasteiger partial charge in [0.1, 0.15) is 6.04 Å². The number of alkyl halides is 2. The first-order valence-electron chi connectivity index (χ1n) is 13.5. The van der Waals surface area contributed by atoms with E-state index in [1.165, 1.54) is 5.56 Å². The Morgan fingerprint density at radius 2 is 1.63 bits per heavy atom. The molecule has 0 amide bonds. The lowest BCUT2D eigenvalue weighted by Crippen LogP contribution is -2.53. The highest BCUT2D eigenvalue weighted by atomic mass is 35.5. The van der Waals surface area contributed by atoms with Crippen molar-refractivity contribution >= 4 is 29.2 Å². The number of hydrogen-bond acceptors (Lipinski definition) is 4. The first kappa shape index (κ1) is 28.8. The van der Waals surface area contributed by atoms with Crippen LogP contribution in [0.4, 0.5) is 0 Å². The van der Waals surface area contributed by atoms with Crippen LogP contribution in [0.1, 0.15) is 71.8 Å². The van der Waals surface area contributed by atoms with Gasteiger partial charge in [0.05, 0.1) is 6.61 Å². The third kappa shape index (κ3) is 9.87. The summed E-state index contributed by atoms with van der Waals surface area (Å²) in [7, 11) is 0. The van der Waals surface area contributed by atoms with Crippen molar-refractivity contribution in [2.24, 2.45) is 10.8 Å². The highest BCUT2D eigenvalue weighted by Gasteiger charge is 2.38. The van der Waals surface area contributed by atoms with Crippen molar-refractivity contribution in [1.82, 2.24) is 9.80 Å². The lowest BCUT2D eigenvalue weighted by Gasteiger charge is -2.43. The number of aryl methyl sites for hydroxylation is 1. The van der Waals surface area contributed by atoms with Gasteiger partial charge in [0.25, 0.3) is 0 Å². The lowest BCUT2D eigenvalue weighted by atomic mass is 9.83. The van der Waals surface area contributed by atoms with E-state index in [4.69, 9.17) is 27.9 Å². The van der Waals surface area contributed by atoms with E-state index >= 15 is 0 Å². The van der Waals surface area contributed by atoms with Gasteiger partial charge in [0.15, 0.2) is 0 Å². The quantitative estimate of drug-likeness (QED) is 0.191. The standard InChI is InChI=1S/C29H46Cl2N2O2/c1-28(2)17-24(30)19-32(21-28)15-9-8-14-26(33-20-25(31)18-29(3,4)22-33)27(34)35-16-10-13-23-11-6-5-7-12-23/h5-7,11-12,24-26H,8-10,13-22H2,1-4H3/t24?,25?,26-/m0/s1. The fourth-order valence-electron chi connectivity index (χ4n) is 6.00. The monoisotopic (exact) mass is 524 g/mol. The van der Waals surface area contributed by atoms with Crippen molar-refractivity contribution in [1.29, 1.82) is 0 Å². The number of esters is 1. The number of unbranched alkanes of at least 4 members (excludes halogenated alkanes) is 1. The number of carbonyl (C=O) groups excluding carboxylic acids is 1. The van der Waals surface area contributed by atoms with Crippen LogP contribution in [-0.2, 0) is 16.0 Å². The van der Waals surface area contributed by atoms with Crippen LogP contribution in [0.15, 0.2) is 30.3 Å². The van der Waals surface area contributed by atoms with Crippen molar-refractivity contribution in [3.63, 3.8) is 0 Å².